The Bertz CT molecular complexity index is 794. The minimum atomic E-state index is 0.115. The molecule has 0 aliphatic carbocycles. The van der Waals surface area contributed by atoms with Gasteiger partial charge in [-0.1, -0.05) is 47.1 Å². The van der Waals surface area contributed by atoms with Gasteiger partial charge in [0.15, 0.2) is 0 Å². The van der Waals surface area contributed by atoms with Crippen molar-refractivity contribution in [2.75, 3.05) is 5.32 Å². The second-order valence-electron chi connectivity index (χ2n) is 5.89. The molecule has 0 saturated carbocycles. The van der Waals surface area contributed by atoms with Gasteiger partial charge >= 0.3 is 0 Å². The highest BCUT2D eigenvalue weighted by molar-refractivity contribution is 5.57. The molecule has 124 valence electrons. The van der Waals surface area contributed by atoms with E-state index in [1.807, 2.05) is 69.3 Å². The van der Waals surface area contributed by atoms with Crippen LogP contribution in [-0.4, -0.2) is 16.2 Å². The van der Waals surface area contributed by atoms with Crippen LogP contribution in [0.5, 0.6) is 5.75 Å². The first-order valence-electron chi connectivity index (χ1n) is 8.01. The molecule has 1 heterocycles. The monoisotopic (exact) mass is 323 g/mol. The maximum Gasteiger partial charge on any atom is 0.246 e. The van der Waals surface area contributed by atoms with Crippen molar-refractivity contribution in [1.29, 1.82) is 0 Å². The van der Waals surface area contributed by atoms with Crippen molar-refractivity contribution in [2.45, 2.75) is 33.4 Å². The van der Waals surface area contributed by atoms with E-state index in [9.17, 15) is 0 Å². The summed E-state index contributed by atoms with van der Waals surface area (Å²) in [7, 11) is 0. The highest BCUT2D eigenvalue weighted by Crippen LogP contribution is 2.25. The van der Waals surface area contributed by atoms with Crippen LogP contribution in [0.2, 0.25) is 0 Å². The zero-order valence-electron chi connectivity index (χ0n) is 14.1. The zero-order valence-corrected chi connectivity index (χ0v) is 14.1. The third-order valence-electron chi connectivity index (χ3n) is 3.46. The predicted molar refractivity (Wildman–Crippen MR) is 94.0 cm³/mol. The van der Waals surface area contributed by atoms with Crippen LogP contribution in [-0.2, 0) is 6.54 Å². The molecule has 1 aromatic heterocycles. The van der Waals surface area contributed by atoms with E-state index in [1.54, 1.807) is 0 Å². The molecule has 3 aromatic rings. The van der Waals surface area contributed by atoms with E-state index in [-0.39, 0.29) is 6.10 Å². The Labute approximate surface area is 141 Å². The number of aromatic nitrogens is 2. The van der Waals surface area contributed by atoms with Crippen molar-refractivity contribution in [3.05, 3.63) is 60.0 Å². The molecule has 0 aliphatic rings. The average Bonchev–Trinajstić information content (AvgIpc) is 3.03. The van der Waals surface area contributed by atoms with Crippen molar-refractivity contribution < 1.29 is 9.26 Å². The number of aryl methyl sites for hydroxylation is 1. The highest BCUT2D eigenvalue weighted by Gasteiger charge is 2.10. The van der Waals surface area contributed by atoms with Crippen molar-refractivity contribution in [3.8, 4) is 17.1 Å². The standard InChI is InChI=1S/C19H21N3O2/c1-13(2)23-17-7-5-4-6-16(17)20-12-18-21-19(22-24-18)15-10-8-14(3)9-11-15/h4-11,13,20H,12H2,1-3H3. The molecule has 0 fully saturated rings. The average molecular weight is 323 g/mol. The van der Waals surface area contributed by atoms with E-state index in [4.69, 9.17) is 9.26 Å². The Hall–Kier alpha value is -2.82. The molecular weight excluding hydrogens is 302 g/mol. The highest BCUT2D eigenvalue weighted by atomic mass is 16.5. The number of hydrogen-bond acceptors (Lipinski definition) is 5. The summed E-state index contributed by atoms with van der Waals surface area (Å²) in [6.07, 6.45) is 0.115. The molecule has 5 heteroatoms. The van der Waals surface area contributed by atoms with Gasteiger partial charge in [-0.2, -0.15) is 4.98 Å². The second-order valence-corrected chi connectivity index (χ2v) is 5.89. The van der Waals surface area contributed by atoms with Crippen LogP contribution < -0.4 is 10.1 Å². The lowest BCUT2D eigenvalue weighted by Gasteiger charge is -2.14. The molecule has 0 bridgehead atoms. The smallest absolute Gasteiger partial charge is 0.246 e. The molecule has 0 spiro atoms. The Morgan fingerprint density at radius 3 is 2.58 bits per heavy atom. The summed E-state index contributed by atoms with van der Waals surface area (Å²) in [4.78, 5) is 4.43. The SMILES string of the molecule is Cc1ccc(-c2noc(CNc3ccccc3OC(C)C)n2)cc1. The lowest BCUT2D eigenvalue weighted by Crippen LogP contribution is -2.08. The molecule has 0 saturated heterocycles. The van der Waals surface area contributed by atoms with Crippen LogP contribution in [0.25, 0.3) is 11.4 Å². The van der Waals surface area contributed by atoms with Crippen molar-refractivity contribution in [3.63, 3.8) is 0 Å². The number of benzene rings is 2. The van der Waals surface area contributed by atoms with Gasteiger partial charge in [-0.05, 0) is 32.9 Å². The van der Waals surface area contributed by atoms with Crippen LogP contribution in [0.1, 0.15) is 25.3 Å². The van der Waals surface area contributed by atoms with Gasteiger partial charge in [0.25, 0.3) is 0 Å². The molecule has 0 atom stereocenters. The molecule has 5 nitrogen and oxygen atoms in total. The summed E-state index contributed by atoms with van der Waals surface area (Å²) in [5.74, 6) is 1.94. The van der Waals surface area contributed by atoms with E-state index in [2.05, 4.69) is 15.5 Å². The van der Waals surface area contributed by atoms with Crippen molar-refractivity contribution in [2.24, 2.45) is 0 Å². The Kier molecular flexibility index (Phi) is 4.79. The number of nitrogens with one attached hydrogen (secondary N) is 1. The first-order chi connectivity index (χ1) is 11.6. The summed E-state index contributed by atoms with van der Waals surface area (Å²) < 4.78 is 11.1. The van der Waals surface area contributed by atoms with Gasteiger partial charge in [0, 0.05) is 5.56 Å². The van der Waals surface area contributed by atoms with Gasteiger partial charge in [-0.15, -0.1) is 0 Å². The number of rotatable bonds is 6. The zero-order chi connectivity index (χ0) is 16.9. The lowest BCUT2D eigenvalue weighted by atomic mass is 10.1. The molecule has 3 rings (SSSR count). The fraction of sp³-hybridized carbons (Fsp3) is 0.263. The Morgan fingerprint density at radius 2 is 1.83 bits per heavy atom. The van der Waals surface area contributed by atoms with Gasteiger partial charge in [0.1, 0.15) is 5.75 Å². The quantitative estimate of drug-likeness (QED) is 0.726. The molecule has 2 aromatic carbocycles. The van der Waals surface area contributed by atoms with Crippen molar-refractivity contribution >= 4 is 5.69 Å². The third-order valence-corrected chi connectivity index (χ3v) is 3.46. The molecule has 24 heavy (non-hydrogen) atoms. The van der Waals surface area contributed by atoms with Gasteiger partial charge in [-0.25, -0.2) is 0 Å². The number of nitrogens with zero attached hydrogens (tertiary/aromatic N) is 2. The Morgan fingerprint density at radius 1 is 1.08 bits per heavy atom. The topological polar surface area (TPSA) is 60.2 Å². The fourth-order valence-corrected chi connectivity index (χ4v) is 2.29. The number of anilines is 1. The van der Waals surface area contributed by atoms with Gasteiger partial charge in [0.05, 0.1) is 18.3 Å². The van der Waals surface area contributed by atoms with E-state index in [1.165, 1.54) is 5.56 Å². The van der Waals surface area contributed by atoms with Gasteiger partial charge in [-0.3, -0.25) is 0 Å². The van der Waals surface area contributed by atoms with Crippen LogP contribution in [0.15, 0.2) is 53.1 Å². The van der Waals surface area contributed by atoms with E-state index in [0.29, 0.717) is 18.3 Å². The molecule has 0 unspecified atom stereocenters. The van der Waals surface area contributed by atoms with Crippen LogP contribution >= 0.6 is 0 Å². The number of hydrogen-bond donors (Lipinski definition) is 1. The van der Waals surface area contributed by atoms with E-state index in [0.717, 1.165) is 17.0 Å². The minimum absolute atomic E-state index is 0.115. The summed E-state index contributed by atoms with van der Waals surface area (Å²) in [5.41, 5.74) is 3.05. The summed E-state index contributed by atoms with van der Waals surface area (Å²) in [6.45, 7) is 6.49. The fourth-order valence-electron chi connectivity index (χ4n) is 2.29. The van der Waals surface area contributed by atoms with Crippen LogP contribution in [0.4, 0.5) is 5.69 Å². The number of ether oxygens (including phenoxy) is 1. The number of para-hydroxylation sites is 2. The largest absolute Gasteiger partial charge is 0.489 e. The van der Waals surface area contributed by atoms with Gasteiger partial charge in [0.2, 0.25) is 11.7 Å². The first kappa shape index (κ1) is 16.1. The molecule has 0 aliphatic heterocycles. The third kappa shape index (κ3) is 3.93. The van der Waals surface area contributed by atoms with E-state index >= 15 is 0 Å². The van der Waals surface area contributed by atoms with E-state index < -0.39 is 0 Å². The summed E-state index contributed by atoms with van der Waals surface area (Å²) >= 11 is 0. The van der Waals surface area contributed by atoms with Crippen LogP contribution in [0.3, 0.4) is 0 Å². The van der Waals surface area contributed by atoms with Crippen LogP contribution in [0, 0.1) is 6.92 Å². The summed E-state index contributed by atoms with van der Waals surface area (Å²) in [5, 5.41) is 7.33. The molecule has 0 amide bonds. The predicted octanol–water partition coefficient (Wildman–Crippen LogP) is 4.44. The maximum absolute atomic E-state index is 5.79. The second kappa shape index (κ2) is 7.17. The van der Waals surface area contributed by atoms with Gasteiger partial charge < -0.3 is 14.6 Å². The minimum Gasteiger partial charge on any atom is -0.489 e. The lowest BCUT2D eigenvalue weighted by molar-refractivity contribution is 0.243. The van der Waals surface area contributed by atoms with Crippen molar-refractivity contribution in [1.82, 2.24) is 10.1 Å². The molecule has 0 radical (unpaired) electrons. The normalized spacial score (nSPS) is 10.8. The molecule has 1 N–H and O–H groups in total. The Balaban J connectivity index is 1.69. The first-order valence-corrected chi connectivity index (χ1v) is 8.01. The summed E-state index contributed by atoms with van der Waals surface area (Å²) in [6, 6.07) is 15.9. The maximum atomic E-state index is 5.79. The molecular formula is C19H21N3O2.